The van der Waals surface area contributed by atoms with Gasteiger partial charge in [-0.25, -0.2) is 20.5 Å². The van der Waals surface area contributed by atoms with Gasteiger partial charge in [0.15, 0.2) is 5.78 Å². The molecular formula is C21H24F3N7O4. The Kier molecular flexibility index (Phi) is 8.17. The fourth-order valence-corrected chi connectivity index (χ4v) is 3.34. The number of anilines is 2. The number of nitrogens with one attached hydrogen (secondary N) is 3. The summed E-state index contributed by atoms with van der Waals surface area (Å²) in [6, 6.07) is -0.358. The average molecular weight is 495 g/mol. The third-order valence-corrected chi connectivity index (χ3v) is 5.07. The lowest BCUT2D eigenvalue weighted by Crippen LogP contribution is -2.33. The van der Waals surface area contributed by atoms with Crippen LogP contribution in [0.3, 0.4) is 0 Å². The van der Waals surface area contributed by atoms with Gasteiger partial charge in [-0.15, -0.1) is 0 Å². The molecular weight excluding hydrogens is 471 g/mol. The van der Waals surface area contributed by atoms with E-state index in [9.17, 15) is 27.6 Å². The molecule has 0 saturated heterocycles. The number of halogens is 3. The summed E-state index contributed by atoms with van der Waals surface area (Å²) in [6.45, 7) is 3.87. The first kappa shape index (κ1) is 25.8. The van der Waals surface area contributed by atoms with Crippen molar-refractivity contribution >= 4 is 23.3 Å². The quantitative estimate of drug-likeness (QED) is 0.270. The fourth-order valence-electron chi connectivity index (χ4n) is 3.34. The van der Waals surface area contributed by atoms with Crippen LogP contribution in [-0.4, -0.2) is 57.6 Å². The third-order valence-electron chi connectivity index (χ3n) is 5.07. The standard InChI is InChI=1S/C21H24F3N7O4/c1-12(28-16-10-27-29-19(34)18(16)13(2)32)11-35-30-17(33)7-14-3-5-31(6-4-14)20-25-8-15(9-26-20)21(22,23)24/h3,8-10,12H,4-7,11H2,1-2H3,(H,30,33)(H2,28,29,34)/t12-/m0/s1. The van der Waals surface area contributed by atoms with Gasteiger partial charge in [0, 0.05) is 37.9 Å². The molecule has 0 saturated carbocycles. The summed E-state index contributed by atoms with van der Waals surface area (Å²) in [6.07, 6.45) is 0.728. The Balaban J connectivity index is 1.43. The molecule has 11 nitrogen and oxygen atoms in total. The second-order valence-electron chi connectivity index (χ2n) is 7.93. The van der Waals surface area contributed by atoms with E-state index in [1.807, 2.05) is 0 Å². The predicted octanol–water partition coefficient (Wildman–Crippen LogP) is 1.86. The van der Waals surface area contributed by atoms with Gasteiger partial charge in [0.25, 0.3) is 5.56 Å². The van der Waals surface area contributed by atoms with Crippen LogP contribution in [0.1, 0.15) is 42.6 Å². The van der Waals surface area contributed by atoms with Crippen molar-refractivity contribution in [1.29, 1.82) is 0 Å². The Morgan fingerprint density at radius 3 is 2.57 bits per heavy atom. The van der Waals surface area contributed by atoms with E-state index in [0.29, 0.717) is 19.5 Å². The second kappa shape index (κ2) is 11.1. The molecule has 35 heavy (non-hydrogen) atoms. The molecule has 0 radical (unpaired) electrons. The van der Waals surface area contributed by atoms with Crippen LogP contribution in [-0.2, 0) is 15.8 Å². The van der Waals surface area contributed by atoms with Gasteiger partial charge in [-0.05, 0) is 20.3 Å². The molecule has 1 aliphatic rings. The van der Waals surface area contributed by atoms with E-state index < -0.39 is 23.1 Å². The fraction of sp³-hybridized carbons (Fsp3) is 0.429. The minimum atomic E-state index is -4.49. The Labute approximate surface area is 197 Å². The minimum Gasteiger partial charge on any atom is -0.378 e. The highest BCUT2D eigenvalue weighted by Gasteiger charge is 2.31. The lowest BCUT2D eigenvalue weighted by molar-refractivity contribution is -0.138. The molecule has 0 fully saturated rings. The SMILES string of the molecule is CC(=O)c1c(N[C@@H](C)CONC(=O)CC2=CCN(c3ncc(C(F)(F)F)cn3)CC2)cn[nH]c1=O. The number of ketones is 1. The van der Waals surface area contributed by atoms with E-state index in [1.54, 1.807) is 17.9 Å². The molecule has 0 bridgehead atoms. The molecule has 1 amide bonds. The van der Waals surface area contributed by atoms with Crippen molar-refractivity contribution in [2.75, 3.05) is 29.9 Å². The van der Waals surface area contributed by atoms with Crippen LogP contribution in [0.2, 0.25) is 0 Å². The van der Waals surface area contributed by atoms with Crippen LogP contribution in [0, 0.1) is 0 Å². The molecule has 14 heteroatoms. The smallest absolute Gasteiger partial charge is 0.378 e. The number of carbonyl (C=O) groups is 2. The van der Waals surface area contributed by atoms with Gasteiger partial charge in [-0.2, -0.15) is 18.3 Å². The zero-order valence-electron chi connectivity index (χ0n) is 19.0. The molecule has 0 aliphatic carbocycles. The molecule has 1 aliphatic heterocycles. The molecule has 3 heterocycles. The molecule has 3 N–H and O–H groups in total. The number of Topliss-reactive ketones (excluding diaryl/α,β-unsaturated/α-hetero) is 1. The number of hydrogen-bond donors (Lipinski definition) is 3. The maximum absolute atomic E-state index is 12.6. The summed E-state index contributed by atoms with van der Waals surface area (Å²) < 4.78 is 37.9. The number of carbonyl (C=O) groups excluding carboxylic acids is 2. The number of hydroxylamine groups is 1. The minimum absolute atomic E-state index is 0.0455. The predicted molar refractivity (Wildman–Crippen MR) is 119 cm³/mol. The van der Waals surface area contributed by atoms with Gasteiger partial charge >= 0.3 is 6.18 Å². The topological polar surface area (TPSA) is 142 Å². The van der Waals surface area contributed by atoms with E-state index in [-0.39, 0.29) is 42.2 Å². The van der Waals surface area contributed by atoms with Gasteiger partial charge in [0.2, 0.25) is 11.9 Å². The molecule has 0 unspecified atom stereocenters. The number of aromatic amines is 1. The number of alkyl halides is 3. The van der Waals surface area contributed by atoms with Crippen molar-refractivity contribution in [3.05, 3.63) is 51.7 Å². The molecule has 2 aromatic rings. The van der Waals surface area contributed by atoms with Crippen LogP contribution in [0.15, 0.2) is 35.0 Å². The highest BCUT2D eigenvalue weighted by atomic mass is 19.4. The van der Waals surface area contributed by atoms with E-state index in [2.05, 4.69) is 31.0 Å². The van der Waals surface area contributed by atoms with Gasteiger partial charge in [-0.1, -0.05) is 11.6 Å². The van der Waals surface area contributed by atoms with Crippen LogP contribution >= 0.6 is 0 Å². The Morgan fingerprint density at radius 2 is 1.97 bits per heavy atom. The van der Waals surface area contributed by atoms with Gasteiger partial charge < -0.3 is 10.2 Å². The van der Waals surface area contributed by atoms with Crippen LogP contribution in [0.5, 0.6) is 0 Å². The lowest BCUT2D eigenvalue weighted by atomic mass is 10.0. The Hall–Kier alpha value is -3.81. The average Bonchev–Trinajstić information content (AvgIpc) is 2.79. The summed E-state index contributed by atoms with van der Waals surface area (Å²) in [5.41, 5.74) is 1.89. The molecule has 2 aromatic heterocycles. The summed E-state index contributed by atoms with van der Waals surface area (Å²) >= 11 is 0. The van der Waals surface area contributed by atoms with Crippen LogP contribution in [0.4, 0.5) is 24.8 Å². The number of amides is 1. The van der Waals surface area contributed by atoms with Crippen molar-refractivity contribution in [3.8, 4) is 0 Å². The molecule has 1 atom stereocenters. The highest BCUT2D eigenvalue weighted by molar-refractivity contribution is 5.98. The van der Waals surface area contributed by atoms with E-state index in [0.717, 1.165) is 18.0 Å². The van der Waals surface area contributed by atoms with Crippen molar-refractivity contribution in [2.45, 2.75) is 38.9 Å². The van der Waals surface area contributed by atoms with Crippen molar-refractivity contribution in [2.24, 2.45) is 0 Å². The first-order valence-electron chi connectivity index (χ1n) is 10.6. The summed E-state index contributed by atoms with van der Waals surface area (Å²) in [7, 11) is 0. The largest absolute Gasteiger partial charge is 0.419 e. The summed E-state index contributed by atoms with van der Waals surface area (Å²) in [5.74, 6) is -0.599. The lowest BCUT2D eigenvalue weighted by Gasteiger charge is -2.26. The zero-order valence-corrected chi connectivity index (χ0v) is 19.0. The highest BCUT2D eigenvalue weighted by Crippen LogP contribution is 2.28. The second-order valence-corrected chi connectivity index (χ2v) is 7.93. The number of hydrogen-bond acceptors (Lipinski definition) is 9. The van der Waals surface area contributed by atoms with Crippen molar-refractivity contribution in [3.63, 3.8) is 0 Å². The number of rotatable bonds is 9. The monoisotopic (exact) mass is 495 g/mol. The van der Waals surface area contributed by atoms with E-state index >= 15 is 0 Å². The summed E-state index contributed by atoms with van der Waals surface area (Å²) in [5, 5.41) is 8.82. The molecule has 188 valence electrons. The normalized spacial score (nSPS) is 14.8. The molecule has 0 spiro atoms. The number of nitrogens with zero attached hydrogens (tertiary/aromatic N) is 4. The van der Waals surface area contributed by atoms with Gasteiger partial charge in [0.05, 0.1) is 24.1 Å². The van der Waals surface area contributed by atoms with Gasteiger partial charge in [0.1, 0.15) is 5.56 Å². The Morgan fingerprint density at radius 1 is 1.26 bits per heavy atom. The zero-order chi connectivity index (χ0) is 25.6. The van der Waals surface area contributed by atoms with Gasteiger partial charge in [-0.3, -0.25) is 19.2 Å². The maximum atomic E-state index is 12.6. The number of aromatic nitrogens is 4. The van der Waals surface area contributed by atoms with Crippen LogP contribution in [0.25, 0.3) is 0 Å². The van der Waals surface area contributed by atoms with Crippen LogP contribution < -0.4 is 21.3 Å². The van der Waals surface area contributed by atoms with Crippen molar-refractivity contribution in [1.82, 2.24) is 25.6 Å². The summed E-state index contributed by atoms with van der Waals surface area (Å²) in [4.78, 5) is 50.1. The molecule has 3 rings (SSSR count). The number of H-pyrrole nitrogens is 1. The first-order chi connectivity index (χ1) is 16.5. The first-order valence-corrected chi connectivity index (χ1v) is 10.6. The van der Waals surface area contributed by atoms with E-state index in [1.165, 1.54) is 13.1 Å². The van der Waals surface area contributed by atoms with E-state index in [4.69, 9.17) is 4.84 Å². The molecule has 0 aromatic carbocycles. The maximum Gasteiger partial charge on any atom is 0.419 e. The van der Waals surface area contributed by atoms with Crippen molar-refractivity contribution < 1.29 is 27.6 Å². The Bertz CT molecular complexity index is 1150. The third kappa shape index (κ3) is 7.09.